The summed E-state index contributed by atoms with van der Waals surface area (Å²) in [6.07, 6.45) is 4.14. The van der Waals surface area contributed by atoms with Crippen molar-refractivity contribution in [1.29, 1.82) is 0 Å². The Morgan fingerprint density at radius 3 is 2.26 bits per heavy atom. The first kappa shape index (κ1) is 14.4. The molecule has 3 nitrogen and oxygen atoms in total. The predicted octanol–water partition coefficient (Wildman–Crippen LogP) is 1.45. The van der Waals surface area contributed by atoms with Crippen molar-refractivity contribution in [2.75, 3.05) is 7.11 Å². The summed E-state index contributed by atoms with van der Waals surface area (Å²) in [4.78, 5) is 0. The van der Waals surface area contributed by atoms with Crippen molar-refractivity contribution in [1.82, 2.24) is 0 Å². The molecule has 1 aliphatic rings. The fourth-order valence-corrected chi connectivity index (χ4v) is 2.82. The molecule has 0 amide bonds. The van der Waals surface area contributed by atoms with Crippen LogP contribution in [0.25, 0.3) is 0 Å². The lowest BCUT2D eigenvalue weighted by Gasteiger charge is -2.36. The highest BCUT2D eigenvalue weighted by atomic mass is 19.2. The van der Waals surface area contributed by atoms with Crippen molar-refractivity contribution in [3.05, 3.63) is 29.3 Å². The summed E-state index contributed by atoms with van der Waals surface area (Å²) in [5.74, 6) is -2.26. The number of hydrogen-bond donors (Lipinski definition) is 2. The predicted molar refractivity (Wildman–Crippen MR) is 68.0 cm³/mol. The van der Waals surface area contributed by atoms with Crippen LogP contribution in [0.3, 0.4) is 0 Å². The van der Waals surface area contributed by atoms with Crippen LogP contribution in [0.4, 0.5) is 8.78 Å². The van der Waals surface area contributed by atoms with Crippen LogP contribution < -0.4 is 5.46 Å². The average Bonchev–Trinajstić information content (AvgIpc) is 2.42. The third kappa shape index (κ3) is 2.52. The van der Waals surface area contributed by atoms with E-state index in [-0.39, 0.29) is 5.56 Å². The molecule has 6 heteroatoms. The van der Waals surface area contributed by atoms with Gasteiger partial charge < -0.3 is 14.8 Å². The number of hydrogen-bond acceptors (Lipinski definition) is 3. The van der Waals surface area contributed by atoms with E-state index in [0.717, 1.165) is 19.3 Å². The first-order valence-corrected chi connectivity index (χ1v) is 6.41. The topological polar surface area (TPSA) is 49.7 Å². The van der Waals surface area contributed by atoms with Crippen LogP contribution >= 0.6 is 0 Å². The van der Waals surface area contributed by atoms with Gasteiger partial charge in [0.05, 0.1) is 5.60 Å². The van der Waals surface area contributed by atoms with E-state index in [1.807, 2.05) is 0 Å². The molecule has 0 radical (unpaired) electrons. The molecule has 0 aliphatic heterocycles. The van der Waals surface area contributed by atoms with Gasteiger partial charge in [-0.05, 0) is 12.8 Å². The quantitative estimate of drug-likeness (QED) is 0.817. The fourth-order valence-electron chi connectivity index (χ4n) is 2.82. The second-order valence-electron chi connectivity index (χ2n) is 4.96. The van der Waals surface area contributed by atoms with Crippen molar-refractivity contribution >= 4 is 12.6 Å². The van der Waals surface area contributed by atoms with Gasteiger partial charge in [0.15, 0.2) is 11.6 Å². The molecule has 2 N–H and O–H groups in total. The van der Waals surface area contributed by atoms with Gasteiger partial charge in [-0.25, -0.2) is 8.78 Å². The highest BCUT2D eigenvalue weighted by Gasteiger charge is 2.38. The van der Waals surface area contributed by atoms with Gasteiger partial charge in [0, 0.05) is 18.1 Å². The molecule has 1 aliphatic carbocycles. The minimum atomic E-state index is -2.02. The second kappa shape index (κ2) is 5.57. The smallest absolute Gasteiger partial charge is 0.423 e. The highest BCUT2D eigenvalue weighted by Crippen LogP contribution is 2.41. The third-order valence-corrected chi connectivity index (χ3v) is 3.93. The van der Waals surface area contributed by atoms with E-state index >= 15 is 0 Å². The molecule has 0 aromatic heterocycles. The fraction of sp³-hybridized carbons (Fsp3) is 0.538. The lowest BCUT2D eigenvalue weighted by atomic mass is 9.75. The van der Waals surface area contributed by atoms with Crippen LogP contribution in [0.5, 0.6) is 0 Å². The van der Waals surface area contributed by atoms with Gasteiger partial charge in [-0.15, -0.1) is 0 Å². The highest BCUT2D eigenvalue weighted by molar-refractivity contribution is 6.58. The summed E-state index contributed by atoms with van der Waals surface area (Å²) < 4.78 is 33.5. The van der Waals surface area contributed by atoms with Crippen LogP contribution in [-0.4, -0.2) is 24.3 Å². The normalized spacial score (nSPS) is 18.4. The van der Waals surface area contributed by atoms with Crippen molar-refractivity contribution in [2.45, 2.75) is 37.7 Å². The van der Waals surface area contributed by atoms with Crippen LogP contribution in [0.15, 0.2) is 12.1 Å². The van der Waals surface area contributed by atoms with Gasteiger partial charge in [-0.2, -0.15) is 0 Å². The maximum atomic E-state index is 14.2. The molecular weight excluding hydrogens is 253 g/mol. The molecule has 0 spiro atoms. The van der Waals surface area contributed by atoms with Crippen molar-refractivity contribution in [2.24, 2.45) is 0 Å². The third-order valence-electron chi connectivity index (χ3n) is 3.93. The van der Waals surface area contributed by atoms with Crippen LogP contribution in [0, 0.1) is 11.6 Å². The molecule has 0 heterocycles. The number of rotatable bonds is 3. The van der Waals surface area contributed by atoms with E-state index < -0.39 is 29.8 Å². The molecule has 1 aromatic carbocycles. The van der Waals surface area contributed by atoms with E-state index in [0.29, 0.717) is 12.8 Å². The average molecular weight is 270 g/mol. The molecule has 0 unspecified atom stereocenters. The monoisotopic (exact) mass is 270 g/mol. The second-order valence-corrected chi connectivity index (χ2v) is 4.96. The molecular formula is C13H17BF2O3. The SMILES string of the molecule is COC1(c2ccc(B(O)O)c(F)c2F)CCCCC1. The Morgan fingerprint density at radius 1 is 1.11 bits per heavy atom. The number of ether oxygens (including phenoxy) is 1. The molecule has 104 valence electrons. The summed E-state index contributed by atoms with van der Waals surface area (Å²) in [6, 6.07) is 2.59. The molecule has 1 saturated carbocycles. The number of methoxy groups -OCH3 is 1. The van der Waals surface area contributed by atoms with Crippen molar-refractivity contribution in [3.63, 3.8) is 0 Å². The molecule has 0 bridgehead atoms. The standard InChI is InChI=1S/C13H17BF2O3/c1-19-13(7-3-2-4-8-13)9-5-6-10(14(17)18)12(16)11(9)15/h5-6,17-18H,2-4,7-8H2,1H3. The van der Waals surface area contributed by atoms with Crippen LogP contribution in [0.1, 0.15) is 37.7 Å². The molecule has 2 rings (SSSR count). The molecule has 0 atom stereocenters. The van der Waals surface area contributed by atoms with Crippen molar-refractivity contribution in [3.8, 4) is 0 Å². The summed E-state index contributed by atoms with van der Waals surface area (Å²) >= 11 is 0. The van der Waals surface area contributed by atoms with Gasteiger partial charge in [-0.3, -0.25) is 0 Å². The van der Waals surface area contributed by atoms with Gasteiger partial charge in [0.1, 0.15) is 0 Å². The minimum absolute atomic E-state index is 0.164. The van der Waals surface area contributed by atoms with Gasteiger partial charge >= 0.3 is 7.12 Å². The zero-order valence-corrected chi connectivity index (χ0v) is 10.8. The maximum Gasteiger partial charge on any atom is 0.491 e. The maximum absolute atomic E-state index is 14.2. The summed E-state index contributed by atoms with van der Waals surface area (Å²) in [5.41, 5.74) is -1.10. The number of halogens is 2. The van der Waals surface area contributed by atoms with Crippen LogP contribution in [-0.2, 0) is 10.3 Å². The van der Waals surface area contributed by atoms with E-state index in [1.165, 1.54) is 19.2 Å². The Bertz CT molecular complexity index is 459. The molecule has 1 fully saturated rings. The first-order chi connectivity index (χ1) is 9.02. The Morgan fingerprint density at radius 2 is 1.74 bits per heavy atom. The zero-order valence-electron chi connectivity index (χ0n) is 10.8. The molecule has 1 aromatic rings. The Hall–Kier alpha value is -0.975. The van der Waals surface area contributed by atoms with E-state index in [9.17, 15) is 8.78 Å². The Balaban J connectivity index is 2.47. The van der Waals surface area contributed by atoms with E-state index in [1.54, 1.807) is 0 Å². The summed E-state index contributed by atoms with van der Waals surface area (Å²) in [6.45, 7) is 0. The first-order valence-electron chi connectivity index (χ1n) is 6.41. The summed E-state index contributed by atoms with van der Waals surface area (Å²) in [7, 11) is -0.523. The number of benzene rings is 1. The van der Waals surface area contributed by atoms with E-state index in [2.05, 4.69) is 0 Å². The van der Waals surface area contributed by atoms with Gasteiger partial charge in [0.25, 0.3) is 0 Å². The van der Waals surface area contributed by atoms with Crippen molar-refractivity contribution < 1.29 is 23.6 Å². The Kier molecular flexibility index (Phi) is 4.23. The van der Waals surface area contributed by atoms with E-state index in [4.69, 9.17) is 14.8 Å². The van der Waals surface area contributed by atoms with Gasteiger partial charge in [0.2, 0.25) is 0 Å². The van der Waals surface area contributed by atoms with Gasteiger partial charge in [-0.1, -0.05) is 31.4 Å². The minimum Gasteiger partial charge on any atom is -0.423 e. The lowest BCUT2D eigenvalue weighted by Crippen LogP contribution is -2.37. The largest absolute Gasteiger partial charge is 0.491 e. The van der Waals surface area contributed by atoms with Crippen LogP contribution in [0.2, 0.25) is 0 Å². The molecule has 19 heavy (non-hydrogen) atoms. The zero-order chi connectivity index (χ0) is 14.0. The molecule has 0 saturated heterocycles. The summed E-state index contributed by atoms with van der Waals surface area (Å²) in [5, 5.41) is 17.9. The Labute approximate surface area is 111 Å². The lowest BCUT2D eigenvalue weighted by molar-refractivity contribution is -0.0474.